The Morgan fingerprint density at radius 3 is 2.75 bits per heavy atom. The summed E-state index contributed by atoms with van der Waals surface area (Å²) in [5.74, 6) is -0.103. The van der Waals surface area contributed by atoms with Crippen molar-refractivity contribution in [2.45, 2.75) is 31.5 Å². The Balaban J connectivity index is 1.29. The van der Waals surface area contributed by atoms with Crippen LogP contribution in [0.2, 0.25) is 0 Å². The number of benzene rings is 1. The minimum atomic E-state index is -0.381. The monoisotopic (exact) mass is 383 g/mol. The predicted molar refractivity (Wildman–Crippen MR) is 99.0 cm³/mol. The molecule has 0 aliphatic carbocycles. The fraction of sp³-hybridized carbons (Fsp3) is 0.450. The van der Waals surface area contributed by atoms with Crippen LogP contribution in [-0.4, -0.2) is 74.6 Å². The summed E-state index contributed by atoms with van der Waals surface area (Å²) in [6.45, 7) is 3.19. The summed E-state index contributed by atoms with van der Waals surface area (Å²) < 4.78 is 15.1. The van der Waals surface area contributed by atoms with Gasteiger partial charge in [0.2, 0.25) is 11.8 Å². The molecule has 3 aliphatic rings. The van der Waals surface area contributed by atoms with E-state index in [-0.39, 0.29) is 29.7 Å². The number of halogens is 1. The average molecular weight is 383 g/mol. The van der Waals surface area contributed by atoms with Crippen LogP contribution in [0.5, 0.6) is 0 Å². The zero-order valence-electron chi connectivity index (χ0n) is 15.5. The molecule has 4 heterocycles. The van der Waals surface area contributed by atoms with Crippen LogP contribution in [0.3, 0.4) is 0 Å². The zero-order valence-corrected chi connectivity index (χ0v) is 15.5. The standard InChI is InChI=1S/C20H22FN5O2/c21-15-3-1-4-16(9-15)26-12-14(10-22-26)11-23-7-8-25-18(13-23)20(28)24-6-2-5-17(24)19(25)27/h1,3-4,9-10,12,17-18H,2,5-8,11,13H2/t17-,18-/m1/s1. The second kappa shape index (κ2) is 6.70. The van der Waals surface area contributed by atoms with E-state index in [0.717, 1.165) is 24.9 Å². The van der Waals surface area contributed by atoms with Gasteiger partial charge in [-0.2, -0.15) is 5.10 Å². The van der Waals surface area contributed by atoms with Gasteiger partial charge in [-0.3, -0.25) is 14.5 Å². The second-order valence-corrected chi connectivity index (χ2v) is 7.75. The largest absolute Gasteiger partial charge is 0.329 e. The highest BCUT2D eigenvalue weighted by Gasteiger charge is 2.49. The molecule has 0 saturated carbocycles. The average Bonchev–Trinajstić information content (AvgIpc) is 3.36. The van der Waals surface area contributed by atoms with Gasteiger partial charge < -0.3 is 9.80 Å². The molecule has 0 spiro atoms. The van der Waals surface area contributed by atoms with Crippen LogP contribution in [0.25, 0.3) is 5.69 Å². The van der Waals surface area contributed by atoms with Crippen LogP contribution in [-0.2, 0) is 16.1 Å². The van der Waals surface area contributed by atoms with Gasteiger partial charge >= 0.3 is 0 Å². The Kier molecular flexibility index (Phi) is 4.16. The van der Waals surface area contributed by atoms with E-state index < -0.39 is 0 Å². The molecule has 2 atom stereocenters. The van der Waals surface area contributed by atoms with E-state index in [9.17, 15) is 14.0 Å². The number of carbonyl (C=O) groups is 2. The van der Waals surface area contributed by atoms with E-state index in [2.05, 4.69) is 10.00 Å². The molecule has 0 N–H and O–H groups in total. The molecule has 7 nitrogen and oxygen atoms in total. The molecule has 2 amide bonds. The van der Waals surface area contributed by atoms with Gasteiger partial charge in [0, 0.05) is 44.5 Å². The van der Waals surface area contributed by atoms with E-state index in [1.54, 1.807) is 32.8 Å². The molecule has 1 aromatic carbocycles. The molecule has 0 radical (unpaired) electrons. The number of rotatable bonds is 3. The number of hydrogen-bond donors (Lipinski definition) is 0. The number of piperazine rings is 2. The summed E-state index contributed by atoms with van der Waals surface area (Å²) in [5.41, 5.74) is 1.66. The Labute approximate surface area is 162 Å². The lowest BCUT2D eigenvalue weighted by molar-refractivity contribution is -0.163. The molecule has 0 bridgehead atoms. The van der Waals surface area contributed by atoms with Gasteiger partial charge in [-0.05, 0) is 31.0 Å². The first-order valence-corrected chi connectivity index (χ1v) is 9.73. The molecule has 3 aliphatic heterocycles. The summed E-state index contributed by atoms with van der Waals surface area (Å²) in [4.78, 5) is 31.3. The van der Waals surface area contributed by atoms with Gasteiger partial charge in [0.1, 0.15) is 17.9 Å². The smallest absolute Gasteiger partial charge is 0.247 e. The van der Waals surface area contributed by atoms with E-state index in [0.29, 0.717) is 31.9 Å². The third kappa shape index (κ3) is 2.88. The first-order valence-electron chi connectivity index (χ1n) is 9.73. The number of amides is 2. The molecule has 146 valence electrons. The third-order valence-corrected chi connectivity index (χ3v) is 5.97. The molecule has 3 saturated heterocycles. The van der Waals surface area contributed by atoms with Crippen molar-refractivity contribution in [2.75, 3.05) is 26.2 Å². The molecule has 0 unspecified atom stereocenters. The van der Waals surface area contributed by atoms with Crippen LogP contribution >= 0.6 is 0 Å². The first-order chi connectivity index (χ1) is 13.6. The van der Waals surface area contributed by atoms with E-state index in [1.165, 1.54) is 12.1 Å². The Morgan fingerprint density at radius 1 is 1.07 bits per heavy atom. The van der Waals surface area contributed by atoms with Gasteiger partial charge in [-0.15, -0.1) is 0 Å². The van der Waals surface area contributed by atoms with Crippen LogP contribution in [0.4, 0.5) is 4.39 Å². The van der Waals surface area contributed by atoms with Crippen molar-refractivity contribution in [1.82, 2.24) is 24.5 Å². The van der Waals surface area contributed by atoms with Crippen molar-refractivity contribution in [3.63, 3.8) is 0 Å². The van der Waals surface area contributed by atoms with Crippen LogP contribution in [0.1, 0.15) is 18.4 Å². The SMILES string of the molecule is O=C1[C@H]2CN(Cc3cnn(-c4cccc(F)c4)c3)CCN2C(=O)[C@H]2CCCN12. The van der Waals surface area contributed by atoms with E-state index >= 15 is 0 Å². The minimum Gasteiger partial charge on any atom is -0.329 e. The third-order valence-electron chi connectivity index (χ3n) is 5.97. The van der Waals surface area contributed by atoms with Gasteiger partial charge in [0.05, 0.1) is 11.9 Å². The van der Waals surface area contributed by atoms with Crippen molar-refractivity contribution in [2.24, 2.45) is 0 Å². The fourth-order valence-electron chi connectivity index (χ4n) is 4.59. The summed E-state index contributed by atoms with van der Waals surface area (Å²) >= 11 is 0. The maximum absolute atomic E-state index is 13.4. The van der Waals surface area contributed by atoms with Crippen LogP contribution in [0.15, 0.2) is 36.7 Å². The molecule has 1 aromatic heterocycles. The number of aromatic nitrogens is 2. The van der Waals surface area contributed by atoms with E-state index in [1.807, 2.05) is 6.20 Å². The van der Waals surface area contributed by atoms with Crippen LogP contribution < -0.4 is 0 Å². The lowest BCUT2D eigenvalue weighted by Gasteiger charge is -2.47. The normalized spacial score (nSPS) is 25.2. The summed E-state index contributed by atoms with van der Waals surface area (Å²) in [7, 11) is 0. The molecule has 28 heavy (non-hydrogen) atoms. The quantitative estimate of drug-likeness (QED) is 0.794. The van der Waals surface area contributed by atoms with Crippen molar-refractivity contribution in [3.8, 4) is 5.69 Å². The van der Waals surface area contributed by atoms with Crippen LogP contribution in [0, 0.1) is 5.82 Å². The Morgan fingerprint density at radius 2 is 1.89 bits per heavy atom. The van der Waals surface area contributed by atoms with Crippen molar-refractivity contribution < 1.29 is 14.0 Å². The molecule has 5 rings (SSSR count). The predicted octanol–water partition coefficient (Wildman–Crippen LogP) is 1.03. The molecule has 8 heteroatoms. The molecular formula is C20H22FN5O2. The van der Waals surface area contributed by atoms with Gasteiger partial charge in [0.25, 0.3) is 0 Å². The summed E-state index contributed by atoms with van der Waals surface area (Å²) in [6.07, 6.45) is 5.34. The highest BCUT2D eigenvalue weighted by atomic mass is 19.1. The van der Waals surface area contributed by atoms with E-state index in [4.69, 9.17) is 0 Å². The maximum Gasteiger partial charge on any atom is 0.247 e. The van der Waals surface area contributed by atoms with Crippen molar-refractivity contribution >= 4 is 11.8 Å². The molecular weight excluding hydrogens is 361 g/mol. The summed E-state index contributed by atoms with van der Waals surface area (Å²) in [5, 5.41) is 4.33. The van der Waals surface area contributed by atoms with Gasteiger partial charge in [0.15, 0.2) is 0 Å². The first kappa shape index (κ1) is 17.4. The zero-order chi connectivity index (χ0) is 19.3. The Bertz CT molecular complexity index is 929. The number of hydrogen-bond acceptors (Lipinski definition) is 4. The summed E-state index contributed by atoms with van der Waals surface area (Å²) in [6, 6.07) is 5.68. The molecule has 3 fully saturated rings. The number of nitrogens with zero attached hydrogens (tertiary/aromatic N) is 5. The number of carbonyl (C=O) groups excluding carboxylic acids is 2. The maximum atomic E-state index is 13.4. The highest BCUT2D eigenvalue weighted by Crippen LogP contribution is 2.29. The lowest BCUT2D eigenvalue weighted by Crippen LogP contribution is -2.68. The topological polar surface area (TPSA) is 61.7 Å². The minimum absolute atomic E-state index is 0.0854. The van der Waals surface area contributed by atoms with Gasteiger partial charge in [-0.25, -0.2) is 9.07 Å². The lowest BCUT2D eigenvalue weighted by atomic mass is 10.0. The van der Waals surface area contributed by atoms with Crippen molar-refractivity contribution in [3.05, 3.63) is 48.0 Å². The molecule has 2 aromatic rings. The number of fused-ring (bicyclic) bond motifs is 2. The fourth-order valence-corrected chi connectivity index (χ4v) is 4.59. The van der Waals surface area contributed by atoms with Crippen molar-refractivity contribution in [1.29, 1.82) is 0 Å². The second-order valence-electron chi connectivity index (χ2n) is 7.75. The van der Waals surface area contributed by atoms with Gasteiger partial charge in [-0.1, -0.05) is 6.07 Å². The Hall–Kier alpha value is -2.74. The highest BCUT2D eigenvalue weighted by molar-refractivity contribution is 5.97.